The number of aromatic nitrogens is 1. The van der Waals surface area contributed by atoms with Gasteiger partial charge in [-0.05, 0) is 68.8 Å². The standard InChI is InChI=1S/C39H59N5O8S/c1-9-23(4)28(19-34(47)31-12-10-11-15-43(31)7)38(49)44(8)32(22(2)3)20-35(52-25(6)45)37-42-30(21-53-37)36(48)41-27(16-24(5)39(50)51)17-26-13-14-33(46)29(40)18-26/h13-14,18,21-24,27-28,31-32,35,46H,9-12,15-17,19-20,40H2,1-8H3,(H,41,48)(H,50,51)/t23-,24?,27+,28+,31-,32+,35+/m0/s1. The molecule has 0 spiro atoms. The van der Waals surface area contributed by atoms with E-state index in [0.717, 1.165) is 43.6 Å². The summed E-state index contributed by atoms with van der Waals surface area (Å²) in [7, 11) is 3.71. The summed E-state index contributed by atoms with van der Waals surface area (Å²) in [6.45, 7) is 11.7. The van der Waals surface area contributed by atoms with Crippen molar-refractivity contribution < 1.29 is 38.9 Å². The Morgan fingerprint density at radius 3 is 2.42 bits per heavy atom. The third-order valence-electron chi connectivity index (χ3n) is 10.6. The normalized spacial score (nSPS) is 18.3. The van der Waals surface area contributed by atoms with Crippen molar-refractivity contribution >= 4 is 46.6 Å². The fourth-order valence-electron chi connectivity index (χ4n) is 7.11. The van der Waals surface area contributed by atoms with Crippen LogP contribution >= 0.6 is 11.3 Å². The van der Waals surface area contributed by atoms with Crippen LogP contribution in [0.3, 0.4) is 0 Å². The Bertz CT molecular complexity index is 1580. The minimum absolute atomic E-state index is 0.0198. The summed E-state index contributed by atoms with van der Waals surface area (Å²) in [6.07, 6.45) is 3.52. The van der Waals surface area contributed by atoms with Gasteiger partial charge in [0.05, 0.1) is 17.6 Å². The smallest absolute Gasteiger partial charge is 0.306 e. The molecular formula is C39H59N5O8S. The summed E-state index contributed by atoms with van der Waals surface area (Å²) in [5.41, 5.74) is 6.82. The van der Waals surface area contributed by atoms with Gasteiger partial charge in [0.1, 0.15) is 16.5 Å². The van der Waals surface area contributed by atoms with E-state index in [4.69, 9.17) is 10.5 Å². The summed E-state index contributed by atoms with van der Waals surface area (Å²) in [4.78, 5) is 73.7. The van der Waals surface area contributed by atoms with Crippen LogP contribution in [0.1, 0.15) is 114 Å². The molecule has 14 heteroatoms. The molecule has 13 nitrogen and oxygen atoms in total. The van der Waals surface area contributed by atoms with Crippen molar-refractivity contribution in [1.29, 1.82) is 0 Å². The lowest BCUT2D eigenvalue weighted by molar-refractivity contribution is -0.149. The summed E-state index contributed by atoms with van der Waals surface area (Å²) in [6, 6.07) is 3.53. The molecule has 7 atom stereocenters. The van der Waals surface area contributed by atoms with Gasteiger partial charge in [-0.2, -0.15) is 0 Å². The predicted molar refractivity (Wildman–Crippen MR) is 204 cm³/mol. The number of nitrogen functional groups attached to an aromatic ring is 1. The molecule has 5 N–H and O–H groups in total. The number of carbonyl (C=O) groups is 5. The SMILES string of the molecule is CC[C@H](C)[C@@H](CC(=O)[C@@H]1CCCCN1C)C(=O)N(C)[C@H](C[C@@H](OC(C)=O)c1nc(C(=O)N[C@@H](Cc2ccc(O)c(N)c2)CC(C)C(=O)O)cs1)C(C)C. The van der Waals surface area contributed by atoms with Gasteiger partial charge >= 0.3 is 11.9 Å². The molecule has 1 aliphatic heterocycles. The Kier molecular flexibility index (Phi) is 16.3. The molecule has 1 fully saturated rings. The maximum Gasteiger partial charge on any atom is 0.306 e. The second kappa shape index (κ2) is 19.9. The summed E-state index contributed by atoms with van der Waals surface area (Å²) in [5, 5.41) is 24.2. The number of anilines is 1. The number of carboxylic acid groups (broad SMARTS) is 1. The number of nitrogens with zero attached hydrogens (tertiary/aromatic N) is 3. The number of carbonyl (C=O) groups excluding carboxylic acids is 4. The number of hydrogen-bond acceptors (Lipinski definition) is 11. The van der Waals surface area contributed by atoms with Gasteiger partial charge in [0, 0.05) is 50.2 Å². The van der Waals surface area contributed by atoms with Crippen molar-refractivity contribution in [3.63, 3.8) is 0 Å². The minimum atomic E-state index is -1.00. The molecule has 0 aliphatic carbocycles. The zero-order chi connectivity index (χ0) is 39.6. The number of nitrogens with one attached hydrogen (secondary N) is 1. The number of ether oxygens (including phenoxy) is 1. The number of nitrogens with two attached hydrogens (primary N) is 1. The van der Waals surface area contributed by atoms with Crippen LogP contribution in [0.5, 0.6) is 5.75 Å². The number of likely N-dealkylation sites (tertiary alicyclic amines) is 1. The second-order valence-electron chi connectivity index (χ2n) is 15.1. The number of phenols is 1. The third kappa shape index (κ3) is 12.2. The molecule has 1 saturated heterocycles. The highest BCUT2D eigenvalue weighted by atomic mass is 32.1. The number of phenolic OH excluding ortho intramolecular Hbond substituents is 1. The second-order valence-corrected chi connectivity index (χ2v) is 16.0. The van der Waals surface area contributed by atoms with Gasteiger partial charge in [0.15, 0.2) is 11.9 Å². The van der Waals surface area contributed by atoms with Crippen LogP contribution in [0.2, 0.25) is 0 Å². The van der Waals surface area contributed by atoms with Gasteiger partial charge in [-0.1, -0.05) is 53.5 Å². The number of thiazole rings is 1. The van der Waals surface area contributed by atoms with E-state index in [2.05, 4.69) is 15.2 Å². The first-order valence-corrected chi connectivity index (χ1v) is 19.5. The van der Waals surface area contributed by atoms with Crippen LogP contribution in [-0.4, -0.2) is 93.3 Å². The van der Waals surface area contributed by atoms with E-state index in [0.29, 0.717) is 10.6 Å². The molecular weight excluding hydrogens is 699 g/mol. The zero-order valence-electron chi connectivity index (χ0n) is 32.5. The quantitative estimate of drug-likeness (QED) is 0.0808. The Morgan fingerprint density at radius 1 is 1.13 bits per heavy atom. The molecule has 1 aliphatic rings. The van der Waals surface area contributed by atoms with E-state index in [1.165, 1.54) is 13.0 Å². The molecule has 1 aromatic carbocycles. The van der Waals surface area contributed by atoms with Crippen molar-refractivity contribution in [3.8, 4) is 5.75 Å². The van der Waals surface area contributed by atoms with Gasteiger partial charge < -0.3 is 30.9 Å². The van der Waals surface area contributed by atoms with Crippen LogP contribution in [0, 0.1) is 23.7 Å². The van der Waals surface area contributed by atoms with Gasteiger partial charge in [-0.25, -0.2) is 4.98 Å². The third-order valence-corrected chi connectivity index (χ3v) is 11.5. The Hall–Kier alpha value is -4.04. The number of ketones is 1. The van der Waals surface area contributed by atoms with Gasteiger partial charge in [0.25, 0.3) is 5.91 Å². The first-order chi connectivity index (χ1) is 24.9. The molecule has 1 unspecified atom stereocenters. The number of Topliss-reactive ketones (excluding diaryl/α,β-unsaturated/α-hetero) is 1. The molecule has 0 bridgehead atoms. The van der Waals surface area contributed by atoms with Gasteiger partial charge in [0.2, 0.25) is 5.91 Å². The molecule has 0 saturated carbocycles. The first-order valence-electron chi connectivity index (χ1n) is 18.7. The van der Waals surface area contributed by atoms with E-state index in [9.17, 15) is 34.2 Å². The number of piperidine rings is 1. The van der Waals surface area contributed by atoms with Crippen LogP contribution in [0.15, 0.2) is 23.6 Å². The molecule has 53 heavy (non-hydrogen) atoms. The lowest BCUT2D eigenvalue weighted by Gasteiger charge is -2.37. The maximum atomic E-state index is 14.2. The van der Waals surface area contributed by atoms with Crippen LogP contribution in [0.25, 0.3) is 0 Å². The Morgan fingerprint density at radius 2 is 1.83 bits per heavy atom. The van der Waals surface area contributed by atoms with Gasteiger partial charge in [-0.3, -0.25) is 28.9 Å². The van der Waals surface area contributed by atoms with Crippen LogP contribution < -0.4 is 11.1 Å². The highest BCUT2D eigenvalue weighted by Crippen LogP contribution is 2.33. The average molecular weight is 758 g/mol. The molecule has 2 aromatic rings. The Balaban J connectivity index is 1.82. The number of benzene rings is 1. The average Bonchev–Trinajstić information content (AvgIpc) is 3.60. The number of likely N-dealkylation sites (N-methyl/N-ethyl adjacent to an activating group) is 1. The van der Waals surface area contributed by atoms with E-state index in [1.54, 1.807) is 36.4 Å². The highest BCUT2D eigenvalue weighted by molar-refractivity contribution is 7.09. The van der Waals surface area contributed by atoms with Crippen molar-refractivity contribution in [2.75, 3.05) is 26.4 Å². The van der Waals surface area contributed by atoms with Crippen LogP contribution in [0.4, 0.5) is 5.69 Å². The number of esters is 1. The maximum absolute atomic E-state index is 14.2. The largest absolute Gasteiger partial charge is 0.506 e. The number of rotatable bonds is 19. The van der Waals surface area contributed by atoms with Crippen molar-refractivity contribution in [3.05, 3.63) is 39.8 Å². The van der Waals surface area contributed by atoms with Crippen molar-refractivity contribution in [1.82, 2.24) is 20.1 Å². The van der Waals surface area contributed by atoms with Gasteiger partial charge in [-0.15, -0.1) is 11.3 Å². The fraction of sp³-hybridized carbons (Fsp3) is 0.641. The molecule has 0 radical (unpaired) electrons. The van der Waals surface area contributed by atoms with E-state index < -0.39 is 41.8 Å². The monoisotopic (exact) mass is 757 g/mol. The van der Waals surface area contributed by atoms with Crippen LogP contribution in [-0.2, 0) is 30.3 Å². The minimum Gasteiger partial charge on any atom is -0.506 e. The first kappa shape index (κ1) is 43.4. The summed E-state index contributed by atoms with van der Waals surface area (Å²) >= 11 is 1.15. The number of carboxylic acids is 1. The number of aromatic hydroxyl groups is 1. The van der Waals surface area contributed by atoms with Crippen molar-refractivity contribution in [2.24, 2.45) is 23.7 Å². The lowest BCUT2D eigenvalue weighted by atomic mass is 9.83. The zero-order valence-corrected chi connectivity index (χ0v) is 33.3. The highest BCUT2D eigenvalue weighted by Gasteiger charge is 2.37. The predicted octanol–water partition coefficient (Wildman–Crippen LogP) is 5.47. The summed E-state index contributed by atoms with van der Waals surface area (Å²) < 4.78 is 5.77. The molecule has 2 heterocycles. The summed E-state index contributed by atoms with van der Waals surface area (Å²) in [5.74, 6) is -3.49. The molecule has 294 valence electrons. The molecule has 1 aromatic heterocycles. The number of aliphatic carboxylic acids is 1. The van der Waals surface area contributed by atoms with E-state index >= 15 is 0 Å². The lowest BCUT2D eigenvalue weighted by Crippen LogP contribution is -2.48. The number of amides is 2. The molecule has 3 rings (SSSR count). The fourth-order valence-corrected chi connectivity index (χ4v) is 7.95. The Labute approximate surface area is 317 Å². The number of hydrogen-bond donors (Lipinski definition) is 4. The van der Waals surface area contributed by atoms with E-state index in [-0.39, 0.29) is 78.4 Å². The van der Waals surface area contributed by atoms with E-state index in [1.807, 2.05) is 34.7 Å². The topological polar surface area (TPSA) is 192 Å². The van der Waals surface area contributed by atoms with Crippen molar-refractivity contribution in [2.45, 2.75) is 117 Å². The molecule has 2 amide bonds.